The minimum absolute atomic E-state index is 0.00458. The molecule has 2 unspecified atom stereocenters. The van der Waals surface area contributed by atoms with Gasteiger partial charge in [-0.05, 0) is 36.8 Å². The maximum Gasteiger partial charge on any atom is 0.0798 e. The Hall–Kier alpha value is -0.380. The van der Waals surface area contributed by atoms with Crippen LogP contribution in [-0.2, 0) is 4.74 Å². The van der Waals surface area contributed by atoms with Crippen LogP contribution in [0.2, 0.25) is 0 Å². The first-order valence-corrected chi connectivity index (χ1v) is 6.37. The van der Waals surface area contributed by atoms with Crippen LogP contribution in [0.3, 0.4) is 0 Å². The lowest BCUT2D eigenvalue weighted by molar-refractivity contribution is 0.0128. The van der Waals surface area contributed by atoms with Crippen LogP contribution in [0.25, 0.3) is 0 Å². The summed E-state index contributed by atoms with van der Waals surface area (Å²) in [5.74, 6) is 0.446. The summed E-state index contributed by atoms with van der Waals surface area (Å²) in [7, 11) is 0. The maximum atomic E-state index is 6.26. The lowest BCUT2D eigenvalue weighted by Gasteiger charge is -2.27. The van der Waals surface area contributed by atoms with Gasteiger partial charge in [-0.15, -0.1) is 11.3 Å². The summed E-state index contributed by atoms with van der Waals surface area (Å²) < 4.78 is 5.73. The quantitative estimate of drug-likeness (QED) is 0.839. The summed E-state index contributed by atoms with van der Waals surface area (Å²) >= 11 is 1.72. The molecule has 0 saturated carbocycles. The number of hydrogen-bond acceptors (Lipinski definition) is 3. The van der Waals surface area contributed by atoms with Gasteiger partial charge in [0.1, 0.15) is 0 Å². The Balaban J connectivity index is 2.80. The fourth-order valence-electron chi connectivity index (χ4n) is 1.78. The van der Waals surface area contributed by atoms with Gasteiger partial charge in [0.25, 0.3) is 0 Å². The van der Waals surface area contributed by atoms with Crippen LogP contribution in [0.15, 0.2) is 11.4 Å². The summed E-state index contributed by atoms with van der Waals surface area (Å²) in [4.78, 5) is 1.25. The van der Waals surface area contributed by atoms with Crippen LogP contribution < -0.4 is 5.73 Å². The molecule has 1 rings (SSSR count). The van der Waals surface area contributed by atoms with Crippen LogP contribution in [0, 0.1) is 12.8 Å². The third-order valence-corrected chi connectivity index (χ3v) is 3.69. The second kappa shape index (κ2) is 5.64. The Kier molecular flexibility index (Phi) is 4.77. The summed E-state index contributed by atoms with van der Waals surface area (Å²) in [5, 5.41) is 2.09. The molecule has 1 heterocycles. The maximum absolute atomic E-state index is 6.26. The van der Waals surface area contributed by atoms with E-state index in [4.69, 9.17) is 10.5 Å². The minimum atomic E-state index is 0.00458. The van der Waals surface area contributed by atoms with Gasteiger partial charge in [-0.1, -0.05) is 13.8 Å². The van der Waals surface area contributed by atoms with Gasteiger partial charge in [-0.25, -0.2) is 0 Å². The highest BCUT2D eigenvalue weighted by Gasteiger charge is 2.24. The Morgan fingerprint density at radius 3 is 2.53 bits per heavy atom. The standard InChI is InChI=1S/C12H21NOS/c1-5-14-11(8(2)3)10(13)12-9(4)6-7-15-12/h6-8,10-11H,5,13H2,1-4H3. The first-order chi connectivity index (χ1) is 7.07. The molecule has 0 saturated heterocycles. The number of aryl methyl sites for hydroxylation is 1. The number of nitrogens with two attached hydrogens (primary N) is 1. The van der Waals surface area contributed by atoms with Gasteiger partial charge in [-0.3, -0.25) is 0 Å². The van der Waals surface area contributed by atoms with Crippen molar-refractivity contribution in [3.8, 4) is 0 Å². The van der Waals surface area contributed by atoms with Crippen LogP contribution in [-0.4, -0.2) is 12.7 Å². The van der Waals surface area contributed by atoms with Gasteiger partial charge in [-0.2, -0.15) is 0 Å². The summed E-state index contributed by atoms with van der Waals surface area (Å²) in [5.41, 5.74) is 7.53. The Morgan fingerprint density at radius 1 is 1.47 bits per heavy atom. The predicted octanol–water partition coefficient (Wildman–Crippen LogP) is 3.12. The molecule has 15 heavy (non-hydrogen) atoms. The van der Waals surface area contributed by atoms with Crippen molar-refractivity contribution in [1.29, 1.82) is 0 Å². The topological polar surface area (TPSA) is 35.2 Å². The van der Waals surface area contributed by atoms with Gasteiger partial charge in [0.2, 0.25) is 0 Å². The third kappa shape index (κ3) is 3.03. The number of hydrogen-bond donors (Lipinski definition) is 1. The molecule has 2 N–H and O–H groups in total. The molecular weight excluding hydrogens is 206 g/mol. The Labute approximate surface area is 96.4 Å². The zero-order chi connectivity index (χ0) is 11.4. The van der Waals surface area contributed by atoms with Gasteiger partial charge >= 0.3 is 0 Å². The van der Waals surface area contributed by atoms with E-state index in [2.05, 4.69) is 32.2 Å². The van der Waals surface area contributed by atoms with Crippen molar-refractivity contribution in [2.75, 3.05) is 6.61 Å². The molecule has 3 heteroatoms. The summed E-state index contributed by atoms with van der Waals surface area (Å²) in [6.45, 7) is 9.16. The second-order valence-electron chi connectivity index (χ2n) is 4.16. The van der Waals surface area contributed by atoms with E-state index >= 15 is 0 Å². The number of ether oxygens (including phenoxy) is 1. The molecule has 0 bridgehead atoms. The molecule has 0 fully saturated rings. The molecule has 1 aromatic rings. The monoisotopic (exact) mass is 227 g/mol. The molecule has 0 radical (unpaired) electrons. The van der Waals surface area contributed by atoms with Crippen molar-refractivity contribution in [1.82, 2.24) is 0 Å². The fourth-order valence-corrected chi connectivity index (χ4v) is 2.74. The summed E-state index contributed by atoms with van der Waals surface area (Å²) in [6, 6.07) is 2.12. The fraction of sp³-hybridized carbons (Fsp3) is 0.667. The third-order valence-electron chi connectivity index (χ3n) is 2.57. The van der Waals surface area contributed by atoms with Gasteiger partial charge in [0.05, 0.1) is 12.1 Å². The van der Waals surface area contributed by atoms with E-state index in [1.54, 1.807) is 11.3 Å². The number of thiophene rings is 1. The first kappa shape index (κ1) is 12.7. The second-order valence-corrected chi connectivity index (χ2v) is 5.11. The first-order valence-electron chi connectivity index (χ1n) is 5.49. The highest BCUT2D eigenvalue weighted by atomic mass is 32.1. The molecule has 2 atom stereocenters. The molecule has 2 nitrogen and oxygen atoms in total. The van der Waals surface area contributed by atoms with E-state index in [9.17, 15) is 0 Å². The predicted molar refractivity (Wildman–Crippen MR) is 66.2 cm³/mol. The van der Waals surface area contributed by atoms with E-state index in [0.29, 0.717) is 5.92 Å². The molecule has 0 amide bonds. The normalized spacial score (nSPS) is 15.6. The van der Waals surface area contributed by atoms with Crippen LogP contribution in [0.5, 0.6) is 0 Å². The number of rotatable bonds is 5. The van der Waals surface area contributed by atoms with Crippen molar-refractivity contribution < 1.29 is 4.74 Å². The van der Waals surface area contributed by atoms with Crippen molar-refractivity contribution >= 4 is 11.3 Å². The lowest BCUT2D eigenvalue weighted by Crippen LogP contribution is -2.33. The van der Waals surface area contributed by atoms with E-state index in [1.165, 1.54) is 10.4 Å². The van der Waals surface area contributed by atoms with Crippen molar-refractivity contribution in [3.05, 3.63) is 21.9 Å². The largest absolute Gasteiger partial charge is 0.376 e. The average molecular weight is 227 g/mol. The van der Waals surface area contributed by atoms with Gasteiger partial charge < -0.3 is 10.5 Å². The zero-order valence-electron chi connectivity index (χ0n) is 9.99. The molecular formula is C12H21NOS. The van der Waals surface area contributed by atoms with Crippen LogP contribution in [0.1, 0.15) is 37.3 Å². The molecule has 1 aromatic heterocycles. The van der Waals surface area contributed by atoms with E-state index in [1.807, 2.05) is 6.92 Å². The van der Waals surface area contributed by atoms with Gasteiger partial charge in [0, 0.05) is 11.5 Å². The Morgan fingerprint density at radius 2 is 2.13 bits per heavy atom. The van der Waals surface area contributed by atoms with E-state index in [-0.39, 0.29) is 12.1 Å². The van der Waals surface area contributed by atoms with Crippen LogP contribution in [0.4, 0.5) is 0 Å². The summed E-state index contributed by atoms with van der Waals surface area (Å²) in [6.07, 6.45) is 0.118. The molecule has 0 spiro atoms. The molecule has 86 valence electrons. The average Bonchev–Trinajstić information content (AvgIpc) is 2.59. The Bertz CT molecular complexity index is 296. The molecule has 0 aliphatic carbocycles. The van der Waals surface area contributed by atoms with Crippen molar-refractivity contribution in [2.45, 2.75) is 39.8 Å². The highest BCUT2D eigenvalue weighted by Crippen LogP contribution is 2.28. The van der Waals surface area contributed by atoms with Crippen LogP contribution >= 0.6 is 11.3 Å². The van der Waals surface area contributed by atoms with Crippen molar-refractivity contribution in [3.63, 3.8) is 0 Å². The smallest absolute Gasteiger partial charge is 0.0798 e. The minimum Gasteiger partial charge on any atom is -0.376 e. The van der Waals surface area contributed by atoms with Crippen molar-refractivity contribution in [2.24, 2.45) is 11.7 Å². The van der Waals surface area contributed by atoms with E-state index in [0.717, 1.165) is 6.61 Å². The highest BCUT2D eigenvalue weighted by molar-refractivity contribution is 7.10. The zero-order valence-corrected chi connectivity index (χ0v) is 10.8. The lowest BCUT2D eigenvalue weighted by atomic mass is 9.97. The van der Waals surface area contributed by atoms with E-state index < -0.39 is 0 Å². The molecule has 0 aromatic carbocycles. The molecule has 0 aliphatic rings. The van der Waals surface area contributed by atoms with Gasteiger partial charge in [0.15, 0.2) is 0 Å². The molecule has 0 aliphatic heterocycles. The SMILES string of the molecule is CCOC(C(C)C)C(N)c1sccc1C.